The monoisotopic (exact) mass is 314 g/mol. The maximum absolute atomic E-state index is 12.1. The summed E-state index contributed by atoms with van der Waals surface area (Å²) in [7, 11) is 0. The predicted molar refractivity (Wildman–Crippen MR) is 70.9 cm³/mol. The zero-order valence-corrected chi connectivity index (χ0v) is 11.8. The molecule has 1 amide bonds. The first kappa shape index (κ1) is 13.2. The first-order chi connectivity index (χ1) is 8.43. The van der Waals surface area contributed by atoms with Crippen molar-refractivity contribution in [2.45, 2.75) is 19.4 Å². The van der Waals surface area contributed by atoms with Crippen LogP contribution in [0.4, 0.5) is 0 Å². The van der Waals surface area contributed by atoms with Crippen LogP contribution in [0.2, 0.25) is 0 Å². The van der Waals surface area contributed by atoms with E-state index >= 15 is 0 Å². The molecule has 0 saturated carbocycles. The molecule has 0 fully saturated rings. The van der Waals surface area contributed by atoms with Gasteiger partial charge in [-0.15, -0.1) is 0 Å². The van der Waals surface area contributed by atoms with Gasteiger partial charge in [0, 0.05) is 17.6 Å². The standard InChI is InChI=1S/C12H15BrN2O3/c1-12(2,5-14)15-11(16)7-3-8(13)10-9(4-7)17-6-18-10/h3-4H,5-6,14H2,1-2H3,(H,15,16). The Balaban J connectivity index is 2.24. The Kier molecular flexibility index (Phi) is 3.49. The highest BCUT2D eigenvalue weighted by atomic mass is 79.9. The fourth-order valence-corrected chi connectivity index (χ4v) is 2.09. The van der Waals surface area contributed by atoms with Gasteiger partial charge in [0.2, 0.25) is 6.79 Å². The smallest absolute Gasteiger partial charge is 0.251 e. The summed E-state index contributed by atoms with van der Waals surface area (Å²) in [6.07, 6.45) is 0. The number of halogens is 1. The molecule has 6 heteroatoms. The van der Waals surface area contributed by atoms with Gasteiger partial charge in [-0.25, -0.2) is 0 Å². The zero-order valence-electron chi connectivity index (χ0n) is 10.2. The van der Waals surface area contributed by atoms with Crippen molar-refractivity contribution in [3.05, 3.63) is 22.2 Å². The molecule has 3 N–H and O–H groups in total. The van der Waals surface area contributed by atoms with Crippen LogP contribution < -0.4 is 20.5 Å². The fourth-order valence-electron chi connectivity index (χ4n) is 1.53. The topological polar surface area (TPSA) is 73.6 Å². The van der Waals surface area contributed by atoms with Crippen molar-refractivity contribution < 1.29 is 14.3 Å². The molecule has 0 saturated heterocycles. The fraction of sp³-hybridized carbons (Fsp3) is 0.417. The molecule has 5 nitrogen and oxygen atoms in total. The lowest BCUT2D eigenvalue weighted by atomic mass is 10.1. The van der Waals surface area contributed by atoms with Crippen LogP contribution in [0.25, 0.3) is 0 Å². The number of carbonyl (C=O) groups is 1. The highest BCUT2D eigenvalue weighted by molar-refractivity contribution is 9.10. The Labute approximate surface area is 114 Å². The third kappa shape index (κ3) is 2.59. The lowest BCUT2D eigenvalue weighted by Gasteiger charge is -2.24. The molecule has 18 heavy (non-hydrogen) atoms. The minimum atomic E-state index is -0.445. The van der Waals surface area contributed by atoms with E-state index < -0.39 is 5.54 Å². The predicted octanol–water partition coefficient (Wildman–Crippen LogP) is 1.64. The molecular weight excluding hydrogens is 300 g/mol. The van der Waals surface area contributed by atoms with E-state index in [9.17, 15) is 4.79 Å². The average molecular weight is 315 g/mol. The molecule has 0 aromatic heterocycles. The third-order valence-electron chi connectivity index (χ3n) is 2.65. The number of hydrogen-bond donors (Lipinski definition) is 2. The molecule has 1 aliphatic rings. The maximum Gasteiger partial charge on any atom is 0.251 e. The molecule has 0 radical (unpaired) electrons. The number of ether oxygens (including phenoxy) is 2. The molecule has 2 rings (SSSR count). The Morgan fingerprint density at radius 3 is 2.89 bits per heavy atom. The molecule has 1 aromatic carbocycles. The molecule has 0 spiro atoms. The molecule has 1 heterocycles. The van der Waals surface area contributed by atoms with Gasteiger partial charge in [0.05, 0.1) is 4.47 Å². The summed E-state index contributed by atoms with van der Waals surface area (Å²) in [5.74, 6) is 1.01. The van der Waals surface area contributed by atoms with Crippen molar-refractivity contribution in [3.63, 3.8) is 0 Å². The third-order valence-corrected chi connectivity index (χ3v) is 3.24. The van der Waals surface area contributed by atoms with Crippen molar-refractivity contribution in [1.82, 2.24) is 5.32 Å². The van der Waals surface area contributed by atoms with Gasteiger partial charge in [0.25, 0.3) is 5.91 Å². The van der Waals surface area contributed by atoms with E-state index in [-0.39, 0.29) is 12.7 Å². The van der Waals surface area contributed by atoms with Crippen LogP contribution in [0.3, 0.4) is 0 Å². The summed E-state index contributed by atoms with van der Waals surface area (Å²) >= 11 is 3.35. The summed E-state index contributed by atoms with van der Waals surface area (Å²) in [5, 5.41) is 2.86. The molecular formula is C12H15BrN2O3. The van der Waals surface area contributed by atoms with Crippen LogP contribution in [0.1, 0.15) is 24.2 Å². The molecule has 0 aliphatic carbocycles. The molecule has 0 bridgehead atoms. The van der Waals surface area contributed by atoms with E-state index in [1.54, 1.807) is 12.1 Å². The second kappa shape index (κ2) is 4.78. The van der Waals surface area contributed by atoms with Gasteiger partial charge in [0.15, 0.2) is 11.5 Å². The number of amides is 1. The van der Waals surface area contributed by atoms with Gasteiger partial charge in [-0.2, -0.15) is 0 Å². The number of benzene rings is 1. The number of nitrogens with one attached hydrogen (secondary N) is 1. The van der Waals surface area contributed by atoms with E-state index in [0.717, 1.165) is 0 Å². The van der Waals surface area contributed by atoms with Gasteiger partial charge in [-0.3, -0.25) is 4.79 Å². The van der Waals surface area contributed by atoms with Crippen molar-refractivity contribution >= 4 is 21.8 Å². The van der Waals surface area contributed by atoms with Crippen LogP contribution in [-0.4, -0.2) is 24.8 Å². The lowest BCUT2D eigenvalue weighted by Crippen LogP contribution is -2.48. The second-order valence-electron chi connectivity index (χ2n) is 4.73. The minimum Gasteiger partial charge on any atom is -0.454 e. The van der Waals surface area contributed by atoms with Crippen LogP contribution in [0.5, 0.6) is 11.5 Å². The van der Waals surface area contributed by atoms with Crippen LogP contribution in [0, 0.1) is 0 Å². The maximum atomic E-state index is 12.1. The van der Waals surface area contributed by atoms with E-state index in [1.165, 1.54) is 0 Å². The van der Waals surface area contributed by atoms with Gasteiger partial charge in [0.1, 0.15) is 0 Å². The highest BCUT2D eigenvalue weighted by Gasteiger charge is 2.23. The Morgan fingerprint density at radius 2 is 2.22 bits per heavy atom. The van der Waals surface area contributed by atoms with Gasteiger partial charge >= 0.3 is 0 Å². The van der Waals surface area contributed by atoms with Crippen molar-refractivity contribution in [1.29, 1.82) is 0 Å². The first-order valence-electron chi connectivity index (χ1n) is 5.55. The summed E-state index contributed by atoms with van der Waals surface area (Å²) in [4.78, 5) is 12.1. The van der Waals surface area contributed by atoms with Crippen LogP contribution in [0.15, 0.2) is 16.6 Å². The number of fused-ring (bicyclic) bond motifs is 1. The summed E-state index contributed by atoms with van der Waals surface area (Å²) in [6.45, 7) is 4.28. The van der Waals surface area contributed by atoms with Crippen molar-refractivity contribution in [2.75, 3.05) is 13.3 Å². The summed E-state index contributed by atoms with van der Waals surface area (Å²) < 4.78 is 11.2. The Hall–Kier alpha value is -1.27. The van der Waals surface area contributed by atoms with Gasteiger partial charge < -0.3 is 20.5 Å². The average Bonchev–Trinajstić information content (AvgIpc) is 2.77. The molecule has 0 atom stereocenters. The Bertz CT molecular complexity index is 488. The van der Waals surface area contributed by atoms with Gasteiger partial charge in [-0.05, 0) is 41.9 Å². The quantitative estimate of drug-likeness (QED) is 0.889. The lowest BCUT2D eigenvalue weighted by molar-refractivity contribution is 0.0915. The zero-order chi connectivity index (χ0) is 13.3. The molecule has 98 valence electrons. The van der Waals surface area contributed by atoms with Crippen LogP contribution in [-0.2, 0) is 0 Å². The largest absolute Gasteiger partial charge is 0.454 e. The molecule has 0 unspecified atom stereocenters. The Morgan fingerprint density at radius 1 is 1.50 bits per heavy atom. The van der Waals surface area contributed by atoms with E-state index in [4.69, 9.17) is 15.2 Å². The van der Waals surface area contributed by atoms with Gasteiger partial charge in [-0.1, -0.05) is 0 Å². The number of hydrogen-bond acceptors (Lipinski definition) is 4. The van der Waals surface area contributed by atoms with Crippen molar-refractivity contribution in [3.8, 4) is 11.5 Å². The number of rotatable bonds is 3. The van der Waals surface area contributed by atoms with Crippen LogP contribution >= 0.6 is 15.9 Å². The summed E-state index contributed by atoms with van der Waals surface area (Å²) in [6, 6.07) is 3.37. The van der Waals surface area contributed by atoms with E-state index in [2.05, 4.69) is 21.2 Å². The van der Waals surface area contributed by atoms with Crippen molar-refractivity contribution in [2.24, 2.45) is 5.73 Å². The van der Waals surface area contributed by atoms with E-state index in [0.29, 0.717) is 28.1 Å². The number of carbonyl (C=O) groups excluding carboxylic acids is 1. The number of nitrogens with two attached hydrogens (primary N) is 1. The molecule has 1 aromatic rings. The first-order valence-corrected chi connectivity index (χ1v) is 6.34. The summed E-state index contributed by atoms with van der Waals surface area (Å²) in [5.41, 5.74) is 5.65. The van der Waals surface area contributed by atoms with E-state index in [1.807, 2.05) is 13.8 Å². The SMILES string of the molecule is CC(C)(CN)NC(=O)c1cc(Br)c2c(c1)OCO2. The molecule has 1 aliphatic heterocycles. The second-order valence-corrected chi connectivity index (χ2v) is 5.59. The minimum absolute atomic E-state index is 0.174. The highest BCUT2D eigenvalue weighted by Crippen LogP contribution is 2.39. The normalized spacial score (nSPS) is 13.6.